The number of rotatable bonds is 3. The van der Waals surface area contributed by atoms with Crippen LogP contribution in [-0.2, 0) is 9.53 Å². The van der Waals surface area contributed by atoms with Gasteiger partial charge in [0.15, 0.2) is 0 Å². The average Bonchev–Trinajstić information content (AvgIpc) is 3.10. The number of carbonyl (C=O) groups excluding carboxylic acids is 1. The third kappa shape index (κ3) is 3.35. The van der Waals surface area contributed by atoms with Crippen LogP contribution in [0.25, 0.3) is 0 Å². The Morgan fingerprint density at radius 1 is 1.03 bits per heavy atom. The van der Waals surface area contributed by atoms with Crippen molar-refractivity contribution >= 4 is 5.97 Å². The molecule has 1 heterocycles. The summed E-state index contributed by atoms with van der Waals surface area (Å²) in [5, 5.41) is 20.1. The minimum absolute atomic E-state index is 0.0708. The molecule has 4 nitrogen and oxygen atoms in total. The third-order valence-electron chi connectivity index (χ3n) is 10.9. The highest BCUT2D eigenvalue weighted by Crippen LogP contribution is 2.67. The zero-order valence-corrected chi connectivity index (χ0v) is 20.3. The molecule has 4 heteroatoms. The van der Waals surface area contributed by atoms with Gasteiger partial charge in [-0.1, -0.05) is 38.5 Å². The van der Waals surface area contributed by atoms with Crippen LogP contribution in [-0.4, -0.2) is 34.5 Å². The Morgan fingerprint density at radius 2 is 1.81 bits per heavy atom. The number of hydrogen-bond donors (Lipinski definition) is 2. The highest BCUT2D eigenvalue weighted by Gasteiger charge is 2.59. The van der Waals surface area contributed by atoms with Crippen LogP contribution in [0.15, 0.2) is 23.3 Å². The van der Waals surface area contributed by atoms with Crippen LogP contribution in [0.2, 0.25) is 0 Å². The van der Waals surface area contributed by atoms with Crippen LogP contribution in [0.5, 0.6) is 0 Å². The highest BCUT2D eigenvalue weighted by molar-refractivity contribution is 5.90. The first-order valence-corrected chi connectivity index (χ1v) is 13.1. The predicted octanol–water partition coefficient (Wildman–Crippen LogP) is 5.19. The molecule has 5 rings (SSSR count). The molecule has 10 atom stereocenters. The van der Waals surface area contributed by atoms with Crippen molar-refractivity contribution in [2.75, 3.05) is 0 Å². The fourth-order valence-corrected chi connectivity index (χ4v) is 9.05. The Morgan fingerprint density at radius 3 is 2.53 bits per heavy atom. The zero-order valence-electron chi connectivity index (χ0n) is 20.3. The monoisotopic (exact) mass is 442 g/mol. The minimum atomic E-state index is -0.756. The standard InChI is InChI=1S/C28H42O4/c1-16(25-10-7-20(17(2)29)26(31)32-25)22-8-9-23-21-6-5-18-15-19(30)11-13-27(18,3)24(21)12-14-28(22,23)4/h5,7,16-17,19,21-25,29-30H,6,8-15H2,1-4H3/t16-,17?,19-,21-,22+,23-,24-,25+,27-,28+/m0/s1. The average molecular weight is 443 g/mol. The van der Waals surface area contributed by atoms with Crippen molar-refractivity contribution in [2.45, 2.75) is 104 Å². The number of aliphatic hydroxyl groups excluding tert-OH is 2. The first-order valence-electron chi connectivity index (χ1n) is 13.1. The van der Waals surface area contributed by atoms with Crippen molar-refractivity contribution in [3.05, 3.63) is 23.3 Å². The van der Waals surface area contributed by atoms with E-state index in [1.165, 1.54) is 32.1 Å². The lowest BCUT2D eigenvalue weighted by Crippen LogP contribution is -2.51. The Hall–Kier alpha value is -1.13. The summed E-state index contributed by atoms with van der Waals surface area (Å²) in [6.07, 6.45) is 13.4. The lowest BCUT2D eigenvalue weighted by atomic mass is 9.47. The number of allylic oxidation sites excluding steroid dienone is 1. The van der Waals surface area contributed by atoms with Gasteiger partial charge in [0.25, 0.3) is 0 Å². The number of cyclic esters (lactones) is 1. The van der Waals surface area contributed by atoms with Gasteiger partial charge < -0.3 is 14.9 Å². The van der Waals surface area contributed by atoms with E-state index in [1.807, 2.05) is 6.08 Å². The predicted molar refractivity (Wildman–Crippen MR) is 125 cm³/mol. The van der Waals surface area contributed by atoms with Crippen molar-refractivity contribution in [1.82, 2.24) is 0 Å². The van der Waals surface area contributed by atoms with E-state index in [9.17, 15) is 15.0 Å². The van der Waals surface area contributed by atoms with Gasteiger partial charge >= 0.3 is 5.97 Å². The van der Waals surface area contributed by atoms with Gasteiger partial charge in [0.2, 0.25) is 0 Å². The fraction of sp³-hybridized carbons (Fsp3) is 0.821. The lowest BCUT2D eigenvalue weighted by Gasteiger charge is -2.58. The maximum Gasteiger partial charge on any atom is 0.336 e. The topological polar surface area (TPSA) is 66.8 Å². The molecule has 0 saturated heterocycles. The van der Waals surface area contributed by atoms with Crippen LogP contribution in [0.1, 0.15) is 85.5 Å². The van der Waals surface area contributed by atoms with Crippen molar-refractivity contribution in [3.63, 3.8) is 0 Å². The van der Waals surface area contributed by atoms with Gasteiger partial charge in [0.1, 0.15) is 6.10 Å². The summed E-state index contributed by atoms with van der Waals surface area (Å²) in [6, 6.07) is 0. The molecule has 178 valence electrons. The van der Waals surface area contributed by atoms with Crippen molar-refractivity contribution in [2.24, 2.45) is 40.4 Å². The first kappa shape index (κ1) is 22.7. The van der Waals surface area contributed by atoms with Crippen molar-refractivity contribution < 1.29 is 19.7 Å². The molecule has 0 aromatic carbocycles. The SMILES string of the molecule is CC(O)C1=CC[C@H]([C@@H](C)[C@H]2CC[C@H]3[C@@H]4CC=C5C[C@@H](O)CC[C@]5(C)[C@H]4CC[C@]23C)OC1=O. The molecule has 1 aliphatic heterocycles. The molecule has 2 N–H and O–H groups in total. The van der Waals surface area contributed by atoms with Crippen LogP contribution in [0, 0.1) is 40.4 Å². The molecule has 1 unspecified atom stereocenters. The van der Waals surface area contributed by atoms with Gasteiger partial charge in [-0.3, -0.25) is 0 Å². The molecular formula is C28H42O4. The van der Waals surface area contributed by atoms with E-state index in [0.29, 0.717) is 22.8 Å². The zero-order chi connectivity index (χ0) is 22.8. The largest absolute Gasteiger partial charge is 0.458 e. The quantitative estimate of drug-likeness (QED) is 0.467. The van der Waals surface area contributed by atoms with Crippen LogP contribution in [0.3, 0.4) is 0 Å². The molecular weight excluding hydrogens is 400 g/mol. The minimum Gasteiger partial charge on any atom is -0.458 e. The molecule has 0 amide bonds. The summed E-state index contributed by atoms with van der Waals surface area (Å²) < 4.78 is 5.86. The van der Waals surface area contributed by atoms with E-state index in [0.717, 1.165) is 43.4 Å². The number of esters is 1. The molecule has 3 fully saturated rings. The second-order valence-corrected chi connectivity index (χ2v) is 12.3. The van der Waals surface area contributed by atoms with Crippen molar-refractivity contribution in [3.8, 4) is 0 Å². The van der Waals surface area contributed by atoms with Gasteiger partial charge in [-0.15, -0.1) is 0 Å². The molecule has 0 bridgehead atoms. The Balaban J connectivity index is 1.35. The number of aliphatic hydroxyl groups is 2. The van der Waals surface area contributed by atoms with E-state index in [2.05, 4.69) is 26.8 Å². The van der Waals surface area contributed by atoms with Crippen LogP contribution < -0.4 is 0 Å². The smallest absolute Gasteiger partial charge is 0.336 e. The Kier molecular flexibility index (Phi) is 5.65. The maximum absolute atomic E-state index is 12.4. The molecule has 32 heavy (non-hydrogen) atoms. The molecule has 4 aliphatic carbocycles. The Labute approximate surface area is 193 Å². The normalized spacial score (nSPS) is 47.9. The lowest BCUT2D eigenvalue weighted by molar-refractivity contribution is -0.152. The summed E-state index contributed by atoms with van der Waals surface area (Å²) in [7, 11) is 0. The Bertz CT molecular complexity index is 827. The third-order valence-corrected chi connectivity index (χ3v) is 10.9. The molecule has 0 aromatic heterocycles. The van der Waals surface area contributed by atoms with Crippen LogP contribution in [0.4, 0.5) is 0 Å². The second kappa shape index (κ2) is 7.98. The van der Waals surface area contributed by atoms with E-state index in [4.69, 9.17) is 4.74 Å². The van der Waals surface area contributed by atoms with E-state index in [1.54, 1.807) is 12.5 Å². The van der Waals surface area contributed by atoms with E-state index in [-0.39, 0.29) is 23.6 Å². The van der Waals surface area contributed by atoms with E-state index < -0.39 is 6.10 Å². The summed E-state index contributed by atoms with van der Waals surface area (Å²) in [5.74, 6) is 2.85. The van der Waals surface area contributed by atoms with Gasteiger partial charge in [-0.25, -0.2) is 4.79 Å². The summed E-state index contributed by atoms with van der Waals surface area (Å²) in [6.45, 7) is 8.96. The summed E-state index contributed by atoms with van der Waals surface area (Å²) in [5.41, 5.74) is 2.56. The fourth-order valence-electron chi connectivity index (χ4n) is 9.05. The molecule has 0 aromatic rings. The van der Waals surface area contributed by atoms with Gasteiger partial charge in [0.05, 0.1) is 17.8 Å². The number of carbonyl (C=O) groups is 1. The van der Waals surface area contributed by atoms with Crippen LogP contribution >= 0.6 is 0 Å². The summed E-state index contributed by atoms with van der Waals surface area (Å²) >= 11 is 0. The molecule has 3 saturated carbocycles. The molecule has 0 radical (unpaired) electrons. The van der Waals surface area contributed by atoms with Gasteiger partial charge in [0, 0.05) is 6.42 Å². The van der Waals surface area contributed by atoms with Gasteiger partial charge in [-0.05, 0) is 98.7 Å². The van der Waals surface area contributed by atoms with Crippen molar-refractivity contribution in [1.29, 1.82) is 0 Å². The highest BCUT2D eigenvalue weighted by atomic mass is 16.5. The number of hydrogen-bond acceptors (Lipinski definition) is 4. The summed E-state index contributed by atoms with van der Waals surface area (Å²) in [4.78, 5) is 12.4. The first-order chi connectivity index (χ1) is 15.1. The van der Waals surface area contributed by atoms with Gasteiger partial charge in [-0.2, -0.15) is 0 Å². The molecule has 0 spiro atoms. The maximum atomic E-state index is 12.4. The second-order valence-electron chi connectivity index (χ2n) is 12.3. The van der Waals surface area contributed by atoms with E-state index >= 15 is 0 Å². The number of ether oxygens (including phenoxy) is 1. The molecule has 5 aliphatic rings. The number of fused-ring (bicyclic) bond motifs is 5.